The lowest BCUT2D eigenvalue weighted by Gasteiger charge is -2.33. The Hall–Kier alpha value is -2.04. The molecular formula is C26H40N2O3. The third-order valence-corrected chi connectivity index (χ3v) is 6.69. The van der Waals surface area contributed by atoms with Gasteiger partial charge in [-0.3, -0.25) is 9.59 Å². The van der Waals surface area contributed by atoms with E-state index in [1.54, 1.807) is 0 Å². The summed E-state index contributed by atoms with van der Waals surface area (Å²) < 4.78 is 5.81. The molecule has 1 saturated heterocycles. The van der Waals surface area contributed by atoms with Gasteiger partial charge in [-0.2, -0.15) is 0 Å². The fourth-order valence-corrected chi connectivity index (χ4v) is 4.58. The van der Waals surface area contributed by atoms with Crippen LogP contribution in [0.5, 0.6) is 5.75 Å². The third kappa shape index (κ3) is 7.26. The first-order valence-electron chi connectivity index (χ1n) is 12.1. The van der Waals surface area contributed by atoms with Crippen LogP contribution in [0.2, 0.25) is 0 Å². The lowest BCUT2D eigenvalue weighted by molar-refractivity contribution is -0.132. The van der Waals surface area contributed by atoms with E-state index in [-0.39, 0.29) is 29.2 Å². The molecule has 1 aromatic rings. The van der Waals surface area contributed by atoms with Crippen LogP contribution in [0.4, 0.5) is 0 Å². The van der Waals surface area contributed by atoms with E-state index in [1.165, 1.54) is 24.8 Å². The molecule has 0 aromatic heterocycles. The van der Waals surface area contributed by atoms with E-state index in [2.05, 4.69) is 38.2 Å². The van der Waals surface area contributed by atoms with Gasteiger partial charge in [0, 0.05) is 31.5 Å². The summed E-state index contributed by atoms with van der Waals surface area (Å²) in [6.07, 6.45) is 8.64. The maximum atomic E-state index is 12.5. The first-order valence-corrected chi connectivity index (χ1v) is 12.1. The number of likely N-dealkylation sites (tertiary alicyclic amines) is 1. The van der Waals surface area contributed by atoms with Gasteiger partial charge in [0.1, 0.15) is 5.75 Å². The van der Waals surface area contributed by atoms with Crippen LogP contribution in [-0.4, -0.2) is 42.5 Å². The van der Waals surface area contributed by atoms with Crippen LogP contribution in [-0.2, 0) is 15.0 Å². The number of ether oxygens (including phenoxy) is 1. The second kappa shape index (κ2) is 11.0. The highest BCUT2D eigenvalue weighted by atomic mass is 16.5. The van der Waals surface area contributed by atoms with Crippen molar-refractivity contribution in [2.75, 3.05) is 19.7 Å². The summed E-state index contributed by atoms with van der Waals surface area (Å²) in [4.78, 5) is 26.9. The number of nitrogens with one attached hydrogen (secondary N) is 1. The van der Waals surface area contributed by atoms with Gasteiger partial charge in [-0.1, -0.05) is 52.2 Å². The molecule has 3 rings (SSSR count). The lowest BCUT2D eigenvalue weighted by Crippen LogP contribution is -2.48. The SMILES string of the molecule is CC(C)(C)c1ccc(OCCCC(=O)N2CCC(NC(=O)C3CCCCC3)CC2)cc1. The van der Waals surface area contributed by atoms with E-state index in [0.29, 0.717) is 13.0 Å². The number of hydrogen-bond acceptors (Lipinski definition) is 3. The molecule has 0 atom stereocenters. The summed E-state index contributed by atoms with van der Waals surface area (Å²) >= 11 is 0. The molecule has 1 saturated carbocycles. The fourth-order valence-electron chi connectivity index (χ4n) is 4.58. The lowest BCUT2D eigenvalue weighted by atomic mass is 9.87. The Balaban J connectivity index is 1.30. The molecule has 2 fully saturated rings. The first-order chi connectivity index (χ1) is 14.8. The van der Waals surface area contributed by atoms with Crippen LogP contribution in [0.15, 0.2) is 24.3 Å². The van der Waals surface area contributed by atoms with Crippen LogP contribution in [0, 0.1) is 5.92 Å². The van der Waals surface area contributed by atoms with Crippen molar-refractivity contribution < 1.29 is 14.3 Å². The molecule has 1 aliphatic heterocycles. The summed E-state index contributed by atoms with van der Waals surface area (Å²) in [7, 11) is 0. The van der Waals surface area contributed by atoms with E-state index in [9.17, 15) is 9.59 Å². The smallest absolute Gasteiger partial charge is 0.223 e. The van der Waals surface area contributed by atoms with Crippen molar-refractivity contribution >= 4 is 11.8 Å². The predicted octanol–water partition coefficient (Wildman–Crippen LogP) is 4.83. The quantitative estimate of drug-likeness (QED) is 0.633. The second-order valence-electron chi connectivity index (χ2n) is 10.2. The molecule has 1 aliphatic carbocycles. The second-order valence-corrected chi connectivity index (χ2v) is 10.2. The van der Waals surface area contributed by atoms with Gasteiger partial charge in [0.25, 0.3) is 0 Å². The van der Waals surface area contributed by atoms with Crippen LogP contribution >= 0.6 is 0 Å². The van der Waals surface area contributed by atoms with E-state index in [4.69, 9.17) is 4.74 Å². The zero-order valence-electron chi connectivity index (χ0n) is 19.6. The standard InChI is InChI=1S/C26H40N2O3/c1-26(2,3)21-11-13-23(14-12-21)31-19-7-10-24(29)28-17-15-22(16-18-28)27-25(30)20-8-5-4-6-9-20/h11-14,20,22H,4-10,15-19H2,1-3H3,(H,27,30). The third-order valence-electron chi connectivity index (χ3n) is 6.69. The van der Waals surface area contributed by atoms with Crippen molar-refractivity contribution in [3.05, 3.63) is 29.8 Å². The number of benzene rings is 1. The van der Waals surface area contributed by atoms with Gasteiger partial charge in [0.2, 0.25) is 11.8 Å². The minimum absolute atomic E-state index is 0.136. The Labute approximate surface area is 187 Å². The number of nitrogens with zero attached hydrogens (tertiary/aromatic N) is 1. The van der Waals surface area contributed by atoms with Crippen molar-refractivity contribution in [3.63, 3.8) is 0 Å². The van der Waals surface area contributed by atoms with Crippen LogP contribution < -0.4 is 10.1 Å². The van der Waals surface area contributed by atoms with Gasteiger partial charge in [-0.15, -0.1) is 0 Å². The topological polar surface area (TPSA) is 58.6 Å². The van der Waals surface area contributed by atoms with Crippen LogP contribution in [0.3, 0.4) is 0 Å². The summed E-state index contributed by atoms with van der Waals surface area (Å²) in [5, 5.41) is 3.23. The largest absolute Gasteiger partial charge is 0.494 e. The minimum atomic E-state index is 0.136. The van der Waals surface area contributed by atoms with Crippen molar-refractivity contribution in [1.82, 2.24) is 10.2 Å². The molecule has 0 bridgehead atoms. The highest BCUT2D eigenvalue weighted by molar-refractivity contribution is 5.79. The molecule has 0 spiro atoms. The number of piperidine rings is 1. The van der Waals surface area contributed by atoms with Gasteiger partial charge in [-0.25, -0.2) is 0 Å². The van der Waals surface area contributed by atoms with Crippen LogP contribution in [0.25, 0.3) is 0 Å². The highest BCUT2D eigenvalue weighted by Gasteiger charge is 2.27. The minimum Gasteiger partial charge on any atom is -0.494 e. The summed E-state index contributed by atoms with van der Waals surface area (Å²) in [6.45, 7) is 8.62. The Morgan fingerprint density at radius 2 is 1.65 bits per heavy atom. The molecule has 0 radical (unpaired) electrons. The molecule has 1 aromatic carbocycles. The maximum absolute atomic E-state index is 12.5. The molecule has 172 valence electrons. The molecule has 2 amide bonds. The maximum Gasteiger partial charge on any atom is 0.223 e. The van der Waals surface area contributed by atoms with Gasteiger partial charge < -0.3 is 15.0 Å². The van der Waals surface area contributed by atoms with Crippen molar-refractivity contribution in [3.8, 4) is 5.75 Å². The average Bonchev–Trinajstić information content (AvgIpc) is 2.77. The monoisotopic (exact) mass is 428 g/mol. The Morgan fingerprint density at radius 3 is 2.26 bits per heavy atom. The summed E-state index contributed by atoms with van der Waals surface area (Å²) in [5.74, 6) is 1.49. The number of hydrogen-bond donors (Lipinski definition) is 1. The first kappa shape index (κ1) is 23.6. The summed E-state index contributed by atoms with van der Waals surface area (Å²) in [6, 6.07) is 8.46. The van der Waals surface area contributed by atoms with Gasteiger partial charge in [-0.05, 0) is 55.2 Å². The normalized spacial score (nSPS) is 18.6. The van der Waals surface area contributed by atoms with Crippen molar-refractivity contribution in [2.45, 2.75) is 90.0 Å². The molecule has 1 N–H and O–H groups in total. The number of amides is 2. The van der Waals surface area contributed by atoms with Crippen molar-refractivity contribution in [2.24, 2.45) is 5.92 Å². The summed E-state index contributed by atoms with van der Waals surface area (Å²) in [5.41, 5.74) is 1.42. The number of carbonyl (C=O) groups excluding carboxylic acids is 2. The average molecular weight is 429 g/mol. The molecule has 2 aliphatic rings. The zero-order valence-corrected chi connectivity index (χ0v) is 19.6. The zero-order chi connectivity index (χ0) is 22.3. The Bertz CT molecular complexity index is 709. The Morgan fingerprint density at radius 1 is 1.00 bits per heavy atom. The fraction of sp³-hybridized carbons (Fsp3) is 0.692. The number of carbonyl (C=O) groups is 2. The van der Waals surface area contributed by atoms with E-state index >= 15 is 0 Å². The molecule has 5 heteroatoms. The van der Waals surface area contributed by atoms with E-state index < -0.39 is 0 Å². The predicted molar refractivity (Wildman–Crippen MR) is 124 cm³/mol. The van der Waals surface area contributed by atoms with Gasteiger partial charge in [0.05, 0.1) is 6.61 Å². The molecule has 0 unspecified atom stereocenters. The molecule has 5 nitrogen and oxygen atoms in total. The van der Waals surface area contributed by atoms with Gasteiger partial charge in [0.15, 0.2) is 0 Å². The van der Waals surface area contributed by atoms with Crippen LogP contribution in [0.1, 0.15) is 84.1 Å². The van der Waals surface area contributed by atoms with Gasteiger partial charge >= 0.3 is 0 Å². The number of rotatable bonds is 7. The molecule has 31 heavy (non-hydrogen) atoms. The molecule has 1 heterocycles. The molecular weight excluding hydrogens is 388 g/mol. The highest BCUT2D eigenvalue weighted by Crippen LogP contribution is 2.25. The van der Waals surface area contributed by atoms with E-state index in [1.807, 2.05) is 17.0 Å². The van der Waals surface area contributed by atoms with Crippen molar-refractivity contribution in [1.29, 1.82) is 0 Å². The Kier molecular flexibility index (Phi) is 8.39. The van der Waals surface area contributed by atoms with E-state index in [0.717, 1.165) is 50.9 Å².